The van der Waals surface area contributed by atoms with Crippen LogP contribution in [0, 0.1) is 0 Å². The Labute approximate surface area is 99.5 Å². The Bertz CT molecular complexity index is 200. The van der Waals surface area contributed by atoms with E-state index in [4.69, 9.17) is 4.74 Å². The van der Waals surface area contributed by atoms with Gasteiger partial charge in [0, 0.05) is 18.7 Å². The minimum absolute atomic E-state index is 0.449. The maximum Gasteiger partial charge on any atom is 0.0561 e. The highest BCUT2D eigenvalue weighted by Crippen LogP contribution is 2.23. The standard InChI is InChI=1S/C13H26N2O/c1-11-10-13(6-9-16-11)15(2)12-4-3-7-14-8-5-12/h11-14H,3-10H2,1-2H3. The summed E-state index contributed by atoms with van der Waals surface area (Å²) in [6.07, 6.45) is 6.86. The third-order valence-electron chi connectivity index (χ3n) is 4.15. The summed E-state index contributed by atoms with van der Waals surface area (Å²) in [7, 11) is 2.32. The molecular weight excluding hydrogens is 200 g/mol. The molecule has 2 heterocycles. The predicted octanol–water partition coefficient (Wildman–Crippen LogP) is 1.63. The van der Waals surface area contributed by atoms with Crippen molar-refractivity contribution in [1.82, 2.24) is 10.2 Å². The lowest BCUT2D eigenvalue weighted by Gasteiger charge is -2.38. The Balaban J connectivity index is 1.86. The molecule has 0 aromatic heterocycles. The highest BCUT2D eigenvalue weighted by atomic mass is 16.5. The molecule has 0 aromatic rings. The van der Waals surface area contributed by atoms with Crippen LogP contribution in [0.5, 0.6) is 0 Å². The second-order valence-corrected chi connectivity index (χ2v) is 5.36. The smallest absolute Gasteiger partial charge is 0.0561 e. The summed E-state index contributed by atoms with van der Waals surface area (Å²) in [5.74, 6) is 0. The number of nitrogens with zero attached hydrogens (tertiary/aromatic N) is 1. The van der Waals surface area contributed by atoms with E-state index in [-0.39, 0.29) is 0 Å². The quantitative estimate of drug-likeness (QED) is 0.774. The third-order valence-corrected chi connectivity index (χ3v) is 4.15. The molecule has 3 atom stereocenters. The maximum absolute atomic E-state index is 5.63. The van der Waals surface area contributed by atoms with Gasteiger partial charge in [0.15, 0.2) is 0 Å². The van der Waals surface area contributed by atoms with Gasteiger partial charge in [-0.1, -0.05) is 0 Å². The van der Waals surface area contributed by atoms with Gasteiger partial charge in [-0.3, -0.25) is 0 Å². The van der Waals surface area contributed by atoms with E-state index in [0.717, 1.165) is 18.7 Å². The zero-order chi connectivity index (χ0) is 11.4. The summed E-state index contributed by atoms with van der Waals surface area (Å²) < 4.78 is 5.63. The lowest BCUT2D eigenvalue weighted by Crippen LogP contribution is -2.45. The molecule has 0 aliphatic carbocycles. The fraction of sp³-hybridized carbons (Fsp3) is 1.00. The molecule has 0 saturated carbocycles. The van der Waals surface area contributed by atoms with Crippen LogP contribution in [0.15, 0.2) is 0 Å². The van der Waals surface area contributed by atoms with Gasteiger partial charge in [0.05, 0.1) is 6.10 Å². The molecule has 3 heteroatoms. The van der Waals surface area contributed by atoms with Crippen LogP contribution in [-0.2, 0) is 4.74 Å². The molecule has 0 radical (unpaired) electrons. The zero-order valence-corrected chi connectivity index (χ0v) is 10.7. The van der Waals surface area contributed by atoms with E-state index in [2.05, 4.69) is 24.2 Å². The second kappa shape index (κ2) is 5.99. The minimum atomic E-state index is 0.449. The Morgan fingerprint density at radius 3 is 2.81 bits per heavy atom. The first-order chi connectivity index (χ1) is 7.77. The van der Waals surface area contributed by atoms with Crippen LogP contribution in [0.2, 0.25) is 0 Å². The average Bonchev–Trinajstić information content (AvgIpc) is 2.56. The number of hydrogen-bond donors (Lipinski definition) is 1. The van der Waals surface area contributed by atoms with E-state index in [9.17, 15) is 0 Å². The van der Waals surface area contributed by atoms with Crippen molar-refractivity contribution < 1.29 is 4.74 Å². The van der Waals surface area contributed by atoms with E-state index in [1.165, 1.54) is 45.2 Å². The van der Waals surface area contributed by atoms with Crippen LogP contribution in [0.1, 0.15) is 39.0 Å². The molecule has 0 spiro atoms. The Morgan fingerprint density at radius 1 is 1.12 bits per heavy atom. The van der Waals surface area contributed by atoms with Gasteiger partial charge in [-0.15, -0.1) is 0 Å². The van der Waals surface area contributed by atoms with Crippen LogP contribution in [0.3, 0.4) is 0 Å². The number of nitrogens with one attached hydrogen (secondary N) is 1. The summed E-state index contributed by atoms with van der Waals surface area (Å²) in [6.45, 7) is 5.54. The monoisotopic (exact) mass is 226 g/mol. The van der Waals surface area contributed by atoms with Crippen molar-refractivity contribution in [3.05, 3.63) is 0 Å². The fourth-order valence-electron chi connectivity index (χ4n) is 3.05. The molecule has 1 N–H and O–H groups in total. The van der Waals surface area contributed by atoms with Gasteiger partial charge >= 0.3 is 0 Å². The third kappa shape index (κ3) is 3.19. The first-order valence-electron chi connectivity index (χ1n) is 6.81. The van der Waals surface area contributed by atoms with E-state index >= 15 is 0 Å². The van der Waals surface area contributed by atoms with E-state index in [1.54, 1.807) is 0 Å². The number of ether oxygens (including phenoxy) is 1. The van der Waals surface area contributed by atoms with Gasteiger partial charge in [-0.2, -0.15) is 0 Å². The predicted molar refractivity (Wildman–Crippen MR) is 66.7 cm³/mol. The molecule has 94 valence electrons. The molecule has 2 aliphatic rings. The molecule has 0 amide bonds. The Morgan fingerprint density at radius 2 is 2.00 bits per heavy atom. The highest BCUT2D eigenvalue weighted by molar-refractivity contribution is 4.82. The van der Waals surface area contributed by atoms with Crippen molar-refractivity contribution in [2.75, 3.05) is 26.7 Å². The normalized spacial score (nSPS) is 37.3. The van der Waals surface area contributed by atoms with Gasteiger partial charge < -0.3 is 15.0 Å². The van der Waals surface area contributed by atoms with E-state index in [0.29, 0.717) is 6.10 Å². The SMILES string of the molecule is CC1CC(N(C)C2CCCNCC2)CCO1. The molecule has 2 saturated heterocycles. The largest absolute Gasteiger partial charge is 0.378 e. The highest BCUT2D eigenvalue weighted by Gasteiger charge is 2.27. The van der Waals surface area contributed by atoms with Crippen LogP contribution in [0.4, 0.5) is 0 Å². The van der Waals surface area contributed by atoms with Crippen molar-refractivity contribution in [2.24, 2.45) is 0 Å². The molecule has 2 aliphatic heterocycles. The number of hydrogen-bond acceptors (Lipinski definition) is 3. The lowest BCUT2D eigenvalue weighted by atomic mass is 9.98. The average molecular weight is 226 g/mol. The van der Waals surface area contributed by atoms with Crippen LogP contribution in [-0.4, -0.2) is 49.8 Å². The molecular formula is C13H26N2O. The van der Waals surface area contributed by atoms with Crippen molar-refractivity contribution in [3.8, 4) is 0 Å². The molecule has 0 aromatic carbocycles. The van der Waals surface area contributed by atoms with E-state index in [1.807, 2.05) is 0 Å². The first-order valence-corrected chi connectivity index (χ1v) is 6.81. The van der Waals surface area contributed by atoms with Gasteiger partial charge in [-0.25, -0.2) is 0 Å². The molecule has 16 heavy (non-hydrogen) atoms. The molecule has 3 nitrogen and oxygen atoms in total. The first kappa shape index (κ1) is 12.3. The van der Waals surface area contributed by atoms with Gasteiger partial charge in [0.2, 0.25) is 0 Å². The summed E-state index contributed by atoms with van der Waals surface area (Å²) in [5.41, 5.74) is 0. The van der Waals surface area contributed by atoms with Crippen LogP contribution >= 0.6 is 0 Å². The van der Waals surface area contributed by atoms with Gasteiger partial charge in [0.1, 0.15) is 0 Å². The molecule has 0 bridgehead atoms. The van der Waals surface area contributed by atoms with E-state index < -0.39 is 0 Å². The minimum Gasteiger partial charge on any atom is -0.378 e. The molecule has 3 unspecified atom stereocenters. The second-order valence-electron chi connectivity index (χ2n) is 5.36. The van der Waals surface area contributed by atoms with Crippen molar-refractivity contribution in [3.63, 3.8) is 0 Å². The maximum atomic E-state index is 5.63. The summed E-state index contributed by atoms with van der Waals surface area (Å²) in [6, 6.07) is 1.53. The van der Waals surface area contributed by atoms with Crippen LogP contribution in [0.25, 0.3) is 0 Å². The summed E-state index contributed by atoms with van der Waals surface area (Å²) in [4.78, 5) is 2.63. The Kier molecular flexibility index (Phi) is 4.62. The van der Waals surface area contributed by atoms with Crippen molar-refractivity contribution in [2.45, 2.75) is 57.2 Å². The zero-order valence-electron chi connectivity index (χ0n) is 10.7. The van der Waals surface area contributed by atoms with Crippen molar-refractivity contribution >= 4 is 0 Å². The van der Waals surface area contributed by atoms with Crippen LogP contribution < -0.4 is 5.32 Å². The Hall–Kier alpha value is -0.120. The summed E-state index contributed by atoms with van der Waals surface area (Å²) in [5, 5.41) is 3.49. The fourth-order valence-corrected chi connectivity index (χ4v) is 3.05. The van der Waals surface area contributed by atoms with Crippen molar-refractivity contribution in [1.29, 1.82) is 0 Å². The molecule has 2 fully saturated rings. The van der Waals surface area contributed by atoms with Gasteiger partial charge in [-0.05, 0) is 59.2 Å². The lowest BCUT2D eigenvalue weighted by molar-refractivity contribution is -0.0218. The van der Waals surface area contributed by atoms with Gasteiger partial charge in [0.25, 0.3) is 0 Å². The number of rotatable bonds is 2. The summed E-state index contributed by atoms with van der Waals surface area (Å²) >= 11 is 0. The molecule has 2 rings (SSSR count). The topological polar surface area (TPSA) is 24.5 Å².